The quantitative estimate of drug-likeness (QED) is 0.890. The molecule has 1 aromatic carbocycles. The third kappa shape index (κ3) is 4.45. The van der Waals surface area contributed by atoms with E-state index in [0.717, 1.165) is 29.7 Å². The number of methoxy groups -OCH3 is 1. The molecule has 0 amide bonds. The van der Waals surface area contributed by atoms with Gasteiger partial charge < -0.3 is 14.6 Å². The first-order valence-corrected chi connectivity index (χ1v) is 7.85. The number of aliphatic hydroxyl groups excluding tert-OH is 1. The number of aliphatic hydroxyl groups is 1. The number of aryl methyl sites for hydroxylation is 1. The Hall–Kier alpha value is -1.06. The smallest absolute Gasteiger partial charge is 0.124 e. The summed E-state index contributed by atoms with van der Waals surface area (Å²) in [6.45, 7) is 6.98. The molecular formula is C18H28O3. The van der Waals surface area contributed by atoms with Crippen molar-refractivity contribution in [1.29, 1.82) is 0 Å². The Kier molecular flexibility index (Phi) is 5.28. The van der Waals surface area contributed by atoms with E-state index in [1.807, 2.05) is 25.1 Å². The molecule has 3 heteroatoms. The zero-order valence-electron chi connectivity index (χ0n) is 13.7. The molecule has 21 heavy (non-hydrogen) atoms. The summed E-state index contributed by atoms with van der Waals surface area (Å²) < 4.78 is 11.3. The summed E-state index contributed by atoms with van der Waals surface area (Å²) in [5.41, 5.74) is 2.37. The first-order chi connectivity index (χ1) is 9.91. The van der Waals surface area contributed by atoms with Crippen LogP contribution in [0.15, 0.2) is 18.2 Å². The van der Waals surface area contributed by atoms with Crippen molar-refractivity contribution in [2.45, 2.75) is 58.7 Å². The van der Waals surface area contributed by atoms with E-state index in [9.17, 15) is 5.11 Å². The lowest BCUT2D eigenvalue weighted by atomic mass is 9.76. The van der Waals surface area contributed by atoms with Crippen molar-refractivity contribution in [3.8, 4) is 5.75 Å². The molecule has 3 nitrogen and oxygen atoms in total. The third-order valence-electron chi connectivity index (χ3n) is 4.52. The maximum Gasteiger partial charge on any atom is 0.124 e. The SMILES string of the molecule is COc1ccc(C)cc1C(O)COC1CCC(C)(C)CC1. The van der Waals surface area contributed by atoms with Crippen LogP contribution in [0.3, 0.4) is 0 Å². The van der Waals surface area contributed by atoms with Crippen molar-refractivity contribution in [1.82, 2.24) is 0 Å². The number of benzene rings is 1. The maximum absolute atomic E-state index is 10.4. The number of ether oxygens (including phenoxy) is 2. The Morgan fingerprint density at radius 2 is 1.95 bits per heavy atom. The molecule has 1 fully saturated rings. The molecule has 1 aliphatic rings. The first-order valence-electron chi connectivity index (χ1n) is 7.85. The summed E-state index contributed by atoms with van der Waals surface area (Å²) >= 11 is 0. The Morgan fingerprint density at radius 3 is 2.57 bits per heavy atom. The summed E-state index contributed by atoms with van der Waals surface area (Å²) in [5, 5.41) is 10.4. The van der Waals surface area contributed by atoms with Crippen LogP contribution in [0.4, 0.5) is 0 Å². The Balaban J connectivity index is 1.90. The first kappa shape index (κ1) is 16.3. The Bertz CT molecular complexity index is 458. The van der Waals surface area contributed by atoms with Crippen LogP contribution < -0.4 is 4.74 Å². The summed E-state index contributed by atoms with van der Waals surface area (Å²) in [7, 11) is 1.63. The van der Waals surface area contributed by atoms with Crippen molar-refractivity contribution in [3.63, 3.8) is 0 Å². The molecule has 0 heterocycles. The summed E-state index contributed by atoms with van der Waals surface area (Å²) in [6, 6.07) is 5.85. The average Bonchev–Trinajstić information content (AvgIpc) is 2.45. The molecule has 1 unspecified atom stereocenters. The summed E-state index contributed by atoms with van der Waals surface area (Å²) in [5.74, 6) is 0.724. The van der Waals surface area contributed by atoms with Crippen LogP contribution in [0.2, 0.25) is 0 Å². The van der Waals surface area contributed by atoms with E-state index < -0.39 is 6.10 Å². The lowest BCUT2D eigenvalue weighted by Gasteiger charge is -2.34. The van der Waals surface area contributed by atoms with Crippen molar-refractivity contribution < 1.29 is 14.6 Å². The van der Waals surface area contributed by atoms with E-state index in [1.165, 1.54) is 12.8 Å². The van der Waals surface area contributed by atoms with Gasteiger partial charge in [0.05, 0.1) is 19.8 Å². The maximum atomic E-state index is 10.4. The second-order valence-corrected chi connectivity index (χ2v) is 6.96. The van der Waals surface area contributed by atoms with Crippen LogP contribution in [0, 0.1) is 12.3 Å². The van der Waals surface area contributed by atoms with Crippen LogP contribution in [0.5, 0.6) is 5.75 Å². The zero-order chi connectivity index (χ0) is 15.5. The molecule has 0 spiro atoms. The van der Waals surface area contributed by atoms with Gasteiger partial charge in [0, 0.05) is 5.56 Å². The van der Waals surface area contributed by atoms with E-state index in [0.29, 0.717) is 12.0 Å². The van der Waals surface area contributed by atoms with Crippen molar-refractivity contribution in [2.24, 2.45) is 5.41 Å². The van der Waals surface area contributed by atoms with Gasteiger partial charge in [0.15, 0.2) is 0 Å². The molecule has 1 aliphatic carbocycles. The minimum atomic E-state index is -0.630. The minimum absolute atomic E-state index is 0.281. The topological polar surface area (TPSA) is 38.7 Å². The predicted molar refractivity (Wildman–Crippen MR) is 84.7 cm³/mol. The fourth-order valence-corrected chi connectivity index (χ4v) is 2.97. The molecular weight excluding hydrogens is 264 g/mol. The molecule has 2 rings (SSSR count). The molecule has 0 aromatic heterocycles. The lowest BCUT2D eigenvalue weighted by Crippen LogP contribution is -2.27. The van der Waals surface area contributed by atoms with Crippen molar-refractivity contribution in [2.75, 3.05) is 13.7 Å². The monoisotopic (exact) mass is 292 g/mol. The molecule has 1 saturated carbocycles. The number of rotatable bonds is 5. The highest BCUT2D eigenvalue weighted by Crippen LogP contribution is 2.36. The van der Waals surface area contributed by atoms with E-state index in [1.54, 1.807) is 7.11 Å². The highest BCUT2D eigenvalue weighted by molar-refractivity contribution is 5.38. The molecule has 118 valence electrons. The molecule has 1 N–H and O–H groups in total. The normalized spacial score (nSPS) is 20.2. The fourth-order valence-electron chi connectivity index (χ4n) is 2.97. The second-order valence-electron chi connectivity index (χ2n) is 6.96. The van der Waals surface area contributed by atoms with Gasteiger partial charge >= 0.3 is 0 Å². The van der Waals surface area contributed by atoms with E-state index >= 15 is 0 Å². The van der Waals surface area contributed by atoms with Gasteiger partial charge in [-0.15, -0.1) is 0 Å². The van der Waals surface area contributed by atoms with Crippen LogP contribution in [0.1, 0.15) is 56.8 Å². The number of hydrogen-bond donors (Lipinski definition) is 1. The Labute approximate surface area is 128 Å². The van der Waals surface area contributed by atoms with Gasteiger partial charge in [0.2, 0.25) is 0 Å². The van der Waals surface area contributed by atoms with E-state index in [4.69, 9.17) is 9.47 Å². The van der Waals surface area contributed by atoms with Gasteiger partial charge in [-0.2, -0.15) is 0 Å². The van der Waals surface area contributed by atoms with Crippen molar-refractivity contribution in [3.05, 3.63) is 29.3 Å². The van der Waals surface area contributed by atoms with Crippen LogP contribution in [0.25, 0.3) is 0 Å². The Morgan fingerprint density at radius 1 is 1.29 bits per heavy atom. The largest absolute Gasteiger partial charge is 0.496 e. The van der Waals surface area contributed by atoms with Crippen LogP contribution >= 0.6 is 0 Å². The van der Waals surface area contributed by atoms with E-state index in [-0.39, 0.29) is 6.10 Å². The second kappa shape index (κ2) is 6.80. The van der Waals surface area contributed by atoms with Gasteiger partial charge in [0.25, 0.3) is 0 Å². The molecule has 0 radical (unpaired) electrons. The van der Waals surface area contributed by atoms with Crippen molar-refractivity contribution >= 4 is 0 Å². The van der Waals surface area contributed by atoms with Gasteiger partial charge in [-0.05, 0) is 50.2 Å². The molecule has 1 atom stereocenters. The molecule has 0 aliphatic heterocycles. The zero-order valence-corrected chi connectivity index (χ0v) is 13.7. The average molecular weight is 292 g/mol. The third-order valence-corrected chi connectivity index (χ3v) is 4.52. The standard InChI is InChI=1S/C18H28O3/c1-13-5-6-17(20-4)15(11-13)16(19)12-21-14-7-9-18(2,3)10-8-14/h5-6,11,14,16,19H,7-10,12H2,1-4H3. The number of hydrogen-bond acceptors (Lipinski definition) is 3. The van der Waals surface area contributed by atoms with Gasteiger partial charge in [0.1, 0.15) is 11.9 Å². The van der Waals surface area contributed by atoms with E-state index in [2.05, 4.69) is 13.8 Å². The highest BCUT2D eigenvalue weighted by atomic mass is 16.5. The molecule has 1 aromatic rings. The van der Waals surface area contributed by atoms with Gasteiger partial charge in [-0.3, -0.25) is 0 Å². The van der Waals surface area contributed by atoms with Gasteiger partial charge in [-0.25, -0.2) is 0 Å². The van der Waals surface area contributed by atoms with Gasteiger partial charge in [-0.1, -0.05) is 25.5 Å². The fraction of sp³-hybridized carbons (Fsp3) is 0.667. The van der Waals surface area contributed by atoms with Crippen LogP contribution in [-0.2, 0) is 4.74 Å². The molecule has 0 bridgehead atoms. The van der Waals surface area contributed by atoms with Crippen LogP contribution in [-0.4, -0.2) is 24.9 Å². The highest BCUT2D eigenvalue weighted by Gasteiger charge is 2.27. The predicted octanol–water partition coefficient (Wildman–Crippen LogP) is 4.02. The summed E-state index contributed by atoms with van der Waals surface area (Å²) in [4.78, 5) is 0. The minimum Gasteiger partial charge on any atom is -0.496 e. The summed E-state index contributed by atoms with van der Waals surface area (Å²) in [6.07, 6.45) is 4.22. The lowest BCUT2D eigenvalue weighted by molar-refractivity contribution is -0.0385. The molecule has 0 saturated heterocycles.